The topological polar surface area (TPSA) is 50.2 Å². The lowest BCUT2D eigenvalue weighted by Crippen LogP contribution is -2.00. The fourth-order valence-electron chi connectivity index (χ4n) is 1.33. The summed E-state index contributed by atoms with van der Waals surface area (Å²) in [7, 11) is 0. The standard InChI is InChI=1S/C9H6BrNO2/c10-7-1-2-11-8-4-5(9(12)13)3-6(7)8/h1-3H,4H2,(H,12,13). The van der Waals surface area contributed by atoms with Crippen molar-refractivity contribution >= 4 is 28.0 Å². The van der Waals surface area contributed by atoms with E-state index in [1.807, 2.05) is 0 Å². The van der Waals surface area contributed by atoms with Crippen molar-refractivity contribution in [3.63, 3.8) is 0 Å². The summed E-state index contributed by atoms with van der Waals surface area (Å²) in [6.07, 6.45) is 3.75. The average molecular weight is 240 g/mol. The van der Waals surface area contributed by atoms with Crippen molar-refractivity contribution in [3.8, 4) is 0 Å². The SMILES string of the molecule is O=C(O)C1=Cc2c(Br)ccnc2C1. The zero-order chi connectivity index (χ0) is 9.42. The van der Waals surface area contributed by atoms with Gasteiger partial charge in [-0.25, -0.2) is 4.79 Å². The molecule has 0 fully saturated rings. The van der Waals surface area contributed by atoms with Gasteiger partial charge in [-0.05, 0) is 12.1 Å². The number of carboxylic acids is 1. The third-order valence-electron chi connectivity index (χ3n) is 1.97. The molecule has 2 rings (SSSR count). The van der Waals surface area contributed by atoms with Crippen LogP contribution >= 0.6 is 15.9 Å². The van der Waals surface area contributed by atoms with Crippen LogP contribution in [0.2, 0.25) is 0 Å². The minimum Gasteiger partial charge on any atom is -0.478 e. The van der Waals surface area contributed by atoms with Crippen LogP contribution in [0.3, 0.4) is 0 Å². The number of halogens is 1. The number of aromatic nitrogens is 1. The summed E-state index contributed by atoms with van der Waals surface area (Å²) in [4.78, 5) is 14.8. The monoisotopic (exact) mass is 239 g/mol. The molecule has 13 heavy (non-hydrogen) atoms. The number of fused-ring (bicyclic) bond motifs is 1. The van der Waals surface area contributed by atoms with E-state index in [0.29, 0.717) is 12.0 Å². The predicted octanol–water partition coefficient (Wildman–Crippen LogP) is 1.87. The molecule has 0 bridgehead atoms. The first kappa shape index (κ1) is 8.44. The number of hydrogen-bond acceptors (Lipinski definition) is 2. The quantitative estimate of drug-likeness (QED) is 0.815. The zero-order valence-corrected chi connectivity index (χ0v) is 8.21. The highest BCUT2D eigenvalue weighted by atomic mass is 79.9. The van der Waals surface area contributed by atoms with Crippen molar-refractivity contribution in [2.24, 2.45) is 0 Å². The van der Waals surface area contributed by atoms with Crippen LogP contribution in [0.15, 0.2) is 22.3 Å². The normalized spacial score (nSPS) is 13.8. The smallest absolute Gasteiger partial charge is 0.331 e. The van der Waals surface area contributed by atoms with E-state index >= 15 is 0 Å². The lowest BCUT2D eigenvalue weighted by atomic mass is 10.2. The number of rotatable bonds is 1. The summed E-state index contributed by atoms with van der Waals surface area (Å²) in [5.41, 5.74) is 2.11. The molecule has 3 nitrogen and oxygen atoms in total. The van der Waals surface area contributed by atoms with Gasteiger partial charge in [0.05, 0.1) is 5.69 Å². The molecule has 1 aliphatic carbocycles. The van der Waals surface area contributed by atoms with E-state index in [9.17, 15) is 4.79 Å². The minimum absolute atomic E-state index is 0.398. The van der Waals surface area contributed by atoms with Gasteiger partial charge in [0.15, 0.2) is 0 Å². The molecule has 1 aliphatic rings. The summed E-state index contributed by atoms with van der Waals surface area (Å²) in [5.74, 6) is -0.870. The molecule has 0 spiro atoms. The zero-order valence-electron chi connectivity index (χ0n) is 6.62. The average Bonchev–Trinajstić information content (AvgIpc) is 2.49. The van der Waals surface area contributed by atoms with Crippen molar-refractivity contribution < 1.29 is 9.90 Å². The summed E-state index contributed by atoms with van der Waals surface area (Å²) in [6, 6.07) is 1.81. The van der Waals surface area contributed by atoms with Crippen LogP contribution < -0.4 is 0 Å². The number of nitrogens with zero attached hydrogens (tertiary/aromatic N) is 1. The second-order valence-electron chi connectivity index (χ2n) is 2.80. The van der Waals surface area contributed by atoms with Gasteiger partial charge in [0.2, 0.25) is 0 Å². The summed E-state index contributed by atoms with van der Waals surface area (Å²) in [5, 5.41) is 8.76. The van der Waals surface area contributed by atoms with Gasteiger partial charge in [-0.15, -0.1) is 0 Å². The Balaban J connectivity index is 2.49. The number of hydrogen-bond donors (Lipinski definition) is 1. The molecule has 0 saturated carbocycles. The van der Waals surface area contributed by atoms with Gasteiger partial charge in [0, 0.05) is 28.2 Å². The maximum absolute atomic E-state index is 10.7. The third kappa shape index (κ3) is 1.37. The van der Waals surface area contributed by atoms with Gasteiger partial charge in [0.1, 0.15) is 0 Å². The Morgan fingerprint density at radius 3 is 3.00 bits per heavy atom. The van der Waals surface area contributed by atoms with Crippen LogP contribution in [0.25, 0.3) is 6.08 Å². The van der Waals surface area contributed by atoms with Crippen LogP contribution in [-0.2, 0) is 11.2 Å². The van der Waals surface area contributed by atoms with E-state index in [0.717, 1.165) is 15.7 Å². The number of carboxylic acid groups (broad SMARTS) is 1. The Bertz CT molecular complexity index is 412. The van der Waals surface area contributed by atoms with Crippen LogP contribution in [0.1, 0.15) is 11.3 Å². The molecule has 0 atom stereocenters. The molecule has 1 N–H and O–H groups in total. The van der Waals surface area contributed by atoms with Gasteiger partial charge >= 0.3 is 5.97 Å². The predicted molar refractivity (Wildman–Crippen MR) is 51.3 cm³/mol. The Morgan fingerprint density at radius 2 is 2.38 bits per heavy atom. The molecule has 1 aromatic heterocycles. The number of carbonyl (C=O) groups is 1. The summed E-state index contributed by atoms with van der Waals surface area (Å²) < 4.78 is 0.897. The van der Waals surface area contributed by atoms with Crippen molar-refractivity contribution in [2.75, 3.05) is 0 Å². The van der Waals surface area contributed by atoms with E-state index in [2.05, 4.69) is 20.9 Å². The first-order valence-corrected chi connectivity index (χ1v) is 4.55. The molecular weight excluding hydrogens is 234 g/mol. The van der Waals surface area contributed by atoms with Crippen LogP contribution in [0.4, 0.5) is 0 Å². The van der Waals surface area contributed by atoms with E-state index < -0.39 is 5.97 Å². The minimum atomic E-state index is -0.870. The maximum Gasteiger partial charge on any atom is 0.331 e. The second kappa shape index (κ2) is 2.96. The molecule has 1 aromatic rings. The van der Waals surface area contributed by atoms with Crippen LogP contribution in [-0.4, -0.2) is 16.1 Å². The van der Waals surface area contributed by atoms with E-state index in [1.54, 1.807) is 18.3 Å². The molecule has 66 valence electrons. The largest absolute Gasteiger partial charge is 0.478 e. The fraction of sp³-hybridized carbons (Fsp3) is 0.111. The Morgan fingerprint density at radius 1 is 1.62 bits per heavy atom. The number of aliphatic carboxylic acids is 1. The van der Waals surface area contributed by atoms with Crippen LogP contribution in [0, 0.1) is 0 Å². The highest BCUT2D eigenvalue weighted by Gasteiger charge is 2.20. The Hall–Kier alpha value is -1.16. The summed E-state index contributed by atoms with van der Waals surface area (Å²) in [6.45, 7) is 0. The highest BCUT2D eigenvalue weighted by Crippen LogP contribution is 2.29. The molecular formula is C9H6BrNO2. The second-order valence-corrected chi connectivity index (χ2v) is 3.66. The van der Waals surface area contributed by atoms with Crippen molar-refractivity contribution in [1.82, 2.24) is 4.98 Å². The molecule has 0 aromatic carbocycles. The van der Waals surface area contributed by atoms with Crippen molar-refractivity contribution in [2.45, 2.75) is 6.42 Å². The van der Waals surface area contributed by atoms with Gasteiger partial charge in [0.25, 0.3) is 0 Å². The molecule has 0 amide bonds. The fourth-order valence-corrected chi connectivity index (χ4v) is 1.79. The summed E-state index contributed by atoms with van der Waals surface area (Å²) >= 11 is 3.35. The lowest BCUT2D eigenvalue weighted by Gasteiger charge is -1.97. The molecule has 0 aliphatic heterocycles. The first-order chi connectivity index (χ1) is 6.18. The van der Waals surface area contributed by atoms with Crippen LogP contribution in [0.5, 0.6) is 0 Å². The van der Waals surface area contributed by atoms with Crippen molar-refractivity contribution in [3.05, 3.63) is 33.6 Å². The Kier molecular flexibility index (Phi) is 1.92. The molecule has 1 heterocycles. The molecule has 4 heteroatoms. The number of pyridine rings is 1. The highest BCUT2D eigenvalue weighted by molar-refractivity contribution is 9.10. The first-order valence-electron chi connectivity index (χ1n) is 3.75. The molecule has 0 radical (unpaired) electrons. The molecule has 0 unspecified atom stereocenters. The van der Waals surface area contributed by atoms with Gasteiger partial charge < -0.3 is 5.11 Å². The van der Waals surface area contributed by atoms with Crippen molar-refractivity contribution in [1.29, 1.82) is 0 Å². The third-order valence-corrected chi connectivity index (χ3v) is 2.66. The maximum atomic E-state index is 10.7. The van der Waals surface area contributed by atoms with Gasteiger partial charge in [-0.2, -0.15) is 0 Å². The van der Waals surface area contributed by atoms with Gasteiger partial charge in [-0.1, -0.05) is 15.9 Å². The Labute approximate surface area is 83.2 Å². The lowest BCUT2D eigenvalue weighted by molar-refractivity contribution is -0.132. The van der Waals surface area contributed by atoms with Gasteiger partial charge in [-0.3, -0.25) is 4.98 Å². The van der Waals surface area contributed by atoms with E-state index in [-0.39, 0.29) is 0 Å². The molecule has 0 saturated heterocycles. The van der Waals surface area contributed by atoms with E-state index in [1.165, 1.54) is 0 Å². The van der Waals surface area contributed by atoms with E-state index in [4.69, 9.17) is 5.11 Å².